The molecule has 0 radical (unpaired) electrons. The van der Waals surface area contributed by atoms with Gasteiger partial charge in [-0.3, -0.25) is 4.79 Å². The van der Waals surface area contributed by atoms with Crippen molar-refractivity contribution in [2.24, 2.45) is 0 Å². The minimum Gasteiger partial charge on any atom is -0.507 e. The number of rotatable bonds is 3. The summed E-state index contributed by atoms with van der Waals surface area (Å²) in [6.45, 7) is 4.41. The number of phenolic OH excluding ortho intramolecular Hbond substituents is 1. The van der Waals surface area contributed by atoms with Gasteiger partial charge in [0.05, 0.1) is 19.6 Å². The van der Waals surface area contributed by atoms with Crippen LogP contribution in [0.3, 0.4) is 0 Å². The van der Waals surface area contributed by atoms with E-state index in [-0.39, 0.29) is 30.3 Å². The normalized spacial score (nSPS) is 23.1. The van der Waals surface area contributed by atoms with E-state index in [9.17, 15) is 9.90 Å². The highest BCUT2D eigenvalue weighted by atomic mass is 16.7. The first-order valence-corrected chi connectivity index (χ1v) is 6.49. The number of hydrogen-bond acceptors (Lipinski definition) is 5. The maximum absolute atomic E-state index is 11.2. The van der Waals surface area contributed by atoms with Gasteiger partial charge in [0.15, 0.2) is 0 Å². The Hall–Kier alpha value is -2.01. The number of hydrogen-bond donors (Lipinski definition) is 1. The summed E-state index contributed by atoms with van der Waals surface area (Å²) in [6.07, 6.45) is 0.269. The fourth-order valence-corrected chi connectivity index (χ4v) is 2.71. The predicted molar refractivity (Wildman–Crippen MR) is 70.7 cm³/mol. The smallest absolute Gasteiger partial charge is 0.305 e. The minimum absolute atomic E-state index is 0.122. The highest BCUT2D eigenvalue weighted by Gasteiger charge is 2.44. The Balaban J connectivity index is 1.90. The quantitative estimate of drug-likeness (QED) is 0.674. The van der Waals surface area contributed by atoms with Crippen LogP contribution in [0, 0.1) is 0 Å². The van der Waals surface area contributed by atoms with Crippen LogP contribution in [-0.4, -0.2) is 31.1 Å². The largest absolute Gasteiger partial charge is 0.507 e. The summed E-state index contributed by atoms with van der Waals surface area (Å²) in [5, 5.41) is 10.4. The highest BCUT2D eigenvalue weighted by Crippen LogP contribution is 2.50. The van der Waals surface area contributed by atoms with Crippen molar-refractivity contribution >= 4 is 5.97 Å². The summed E-state index contributed by atoms with van der Waals surface area (Å²) in [7, 11) is 1.35. The Morgan fingerprint density at radius 3 is 3.10 bits per heavy atom. The van der Waals surface area contributed by atoms with E-state index in [4.69, 9.17) is 9.47 Å². The van der Waals surface area contributed by atoms with Crippen molar-refractivity contribution in [3.63, 3.8) is 0 Å². The SMILES string of the molecule is C=C1COC2Oc3ccc(CCC(=O)OC)c(O)c3C12. The van der Waals surface area contributed by atoms with E-state index >= 15 is 0 Å². The van der Waals surface area contributed by atoms with E-state index in [1.165, 1.54) is 7.11 Å². The predicted octanol–water partition coefficient (Wildman–Crippen LogP) is 1.89. The van der Waals surface area contributed by atoms with Gasteiger partial charge in [-0.1, -0.05) is 12.6 Å². The van der Waals surface area contributed by atoms with Crippen LogP contribution < -0.4 is 4.74 Å². The molecule has 0 amide bonds. The van der Waals surface area contributed by atoms with Gasteiger partial charge in [-0.25, -0.2) is 0 Å². The zero-order valence-corrected chi connectivity index (χ0v) is 11.2. The lowest BCUT2D eigenvalue weighted by Gasteiger charge is -2.11. The second kappa shape index (κ2) is 4.83. The Morgan fingerprint density at radius 2 is 2.35 bits per heavy atom. The third-order valence-electron chi connectivity index (χ3n) is 3.79. The van der Waals surface area contributed by atoms with Gasteiger partial charge in [0.2, 0.25) is 6.29 Å². The molecule has 1 fully saturated rings. The van der Waals surface area contributed by atoms with Gasteiger partial charge in [0.25, 0.3) is 0 Å². The molecule has 0 bridgehead atoms. The molecule has 1 saturated heterocycles. The summed E-state index contributed by atoms with van der Waals surface area (Å²) in [5.74, 6) is 0.376. The van der Waals surface area contributed by atoms with E-state index < -0.39 is 0 Å². The van der Waals surface area contributed by atoms with E-state index in [1.54, 1.807) is 12.1 Å². The first-order chi connectivity index (χ1) is 9.61. The molecule has 2 unspecified atom stereocenters. The van der Waals surface area contributed by atoms with Crippen molar-refractivity contribution in [1.29, 1.82) is 0 Å². The number of esters is 1. The van der Waals surface area contributed by atoms with Crippen LogP contribution in [0.15, 0.2) is 24.3 Å². The zero-order chi connectivity index (χ0) is 14.3. The molecule has 20 heavy (non-hydrogen) atoms. The number of aryl methyl sites for hydroxylation is 1. The molecule has 2 aliphatic heterocycles. The zero-order valence-electron chi connectivity index (χ0n) is 11.2. The Morgan fingerprint density at radius 1 is 1.55 bits per heavy atom. The van der Waals surface area contributed by atoms with Gasteiger partial charge in [0.1, 0.15) is 11.5 Å². The van der Waals surface area contributed by atoms with Crippen LogP contribution in [0.1, 0.15) is 23.5 Å². The summed E-state index contributed by atoms with van der Waals surface area (Å²) >= 11 is 0. The molecule has 106 valence electrons. The van der Waals surface area contributed by atoms with Gasteiger partial charge in [0, 0.05) is 12.0 Å². The molecule has 5 nitrogen and oxygen atoms in total. The summed E-state index contributed by atoms with van der Waals surface area (Å²) in [6, 6.07) is 3.57. The number of aromatic hydroxyl groups is 1. The average Bonchev–Trinajstić information content (AvgIpc) is 2.98. The van der Waals surface area contributed by atoms with E-state index in [0.717, 1.165) is 11.1 Å². The van der Waals surface area contributed by atoms with Crippen molar-refractivity contribution in [3.8, 4) is 11.5 Å². The monoisotopic (exact) mass is 276 g/mol. The van der Waals surface area contributed by atoms with Crippen LogP contribution in [-0.2, 0) is 20.7 Å². The van der Waals surface area contributed by atoms with E-state index in [0.29, 0.717) is 24.3 Å². The lowest BCUT2D eigenvalue weighted by Crippen LogP contribution is -2.14. The molecule has 3 rings (SSSR count). The maximum Gasteiger partial charge on any atom is 0.305 e. The molecule has 1 N–H and O–H groups in total. The Bertz CT molecular complexity index is 578. The second-order valence-electron chi connectivity index (χ2n) is 4.99. The fraction of sp³-hybridized carbons (Fsp3) is 0.400. The van der Waals surface area contributed by atoms with Crippen molar-refractivity contribution in [1.82, 2.24) is 0 Å². The third kappa shape index (κ3) is 1.94. The molecule has 0 aliphatic carbocycles. The lowest BCUT2D eigenvalue weighted by molar-refractivity contribution is -0.140. The topological polar surface area (TPSA) is 65.0 Å². The molecular formula is C15H16O5. The first kappa shape index (κ1) is 13.0. The molecule has 0 spiro atoms. The number of methoxy groups -OCH3 is 1. The molecule has 5 heteroatoms. The van der Waals surface area contributed by atoms with Crippen LogP contribution in [0.2, 0.25) is 0 Å². The van der Waals surface area contributed by atoms with Gasteiger partial charge in [-0.05, 0) is 23.6 Å². The summed E-state index contributed by atoms with van der Waals surface area (Å²) in [4.78, 5) is 11.2. The second-order valence-corrected chi connectivity index (χ2v) is 4.99. The molecule has 0 saturated carbocycles. The molecule has 1 aromatic carbocycles. The van der Waals surface area contributed by atoms with Gasteiger partial charge < -0.3 is 19.3 Å². The van der Waals surface area contributed by atoms with Crippen molar-refractivity contribution in [2.45, 2.75) is 25.0 Å². The molecule has 0 aromatic heterocycles. The Kier molecular flexibility index (Phi) is 3.14. The number of ether oxygens (including phenoxy) is 3. The van der Waals surface area contributed by atoms with Gasteiger partial charge in [-0.15, -0.1) is 0 Å². The van der Waals surface area contributed by atoms with Crippen molar-refractivity contribution in [3.05, 3.63) is 35.4 Å². The molecule has 2 heterocycles. The van der Waals surface area contributed by atoms with Crippen LogP contribution in [0.5, 0.6) is 11.5 Å². The average molecular weight is 276 g/mol. The third-order valence-corrected chi connectivity index (χ3v) is 3.79. The molecule has 2 aliphatic rings. The van der Waals surface area contributed by atoms with Crippen LogP contribution in [0.25, 0.3) is 0 Å². The standard InChI is InChI=1S/C15H16O5/c1-8-7-19-15-12(8)13-10(20-15)5-3-9(14(13)17)4-6-11(16)18-2/h3,5,12,15,17H,1,4,6-7H2,2H3. The molecule has 1 aromatic rings. The number of benzene rings is 1. The summed E-state index contributed by atoms with van der Waals surface area (Å²) in [5.41, 5.74) is 2.33. The van der Waals surface area contributed by atoms with Crippen LogP contribution in [0.4, 0.5) is 0 Å². The first-order valence-electron chi connectivity index (χ1n) is 6.49. The highest BCUT2D eigenvalue weighted by molar-refractivity contribution is 5.70. The number of carbonyl (C=O) groups excluding carboxylic acids is 1. The molecule has 2 atom stereocenters. The minimum atomic E-state index is -0.390. The fourth-order valence-electron chi connectivity index (χ4n) is 2.71. The number of carbonyl (C=O) groups is 1. The van der Waals surface area contributed by atoms with Gasteiger partial charge in [-0.2, -0.15) is 0 Å². The Labute approximate surface area is 116 Å². The molecular weight excluding hydrogens is 260 g/mol. The maximum atomic E-state index is 11.2. The lowest BCUT2D eigenvalue weighted by atomic mass is 9.91. The van der Waals surface area contributed by atoms with Crippen molar-refractivity contribution in [2.75, 3.05) is 13.7 Å². The van der Waals surface area contributed by atoms with Gasteiger partial charge >= 0.3 is 5.97 Å². The summed E-state index contributed by atoms with van der Waals surface area (Å²) < 4.78 is 15.7. The van der Waals surface area contributed by atoms with Crippen LogP contribution >= 0.6 is 0 Å². The number of fused-ring (bicyclic) bond motifs is 3. The van der Waals surface area contributed by atoms with Crippen molar-refractivity contribution < 1.29 is 24.1 Å². The van der Waals surface area contributed by atoms with E-state index in [1.807, 2.05) is 0 Å². The van der Waals surface area contributed by atoms with E-state index in [2.05, 4.69) is 11.3 Å². The number of phenols is 1.